The fourth-order valence-corrected chi connectivity index (χ4v) is 3.22. The number of amides is 3. The van der Waals surface area contributed by atoms with Crippen LogP contribution in [0.5, 0.6) is 0 Å². The molecule has 3 N–H and O–H groups in total. The van der Waals surface area contributed by atoms with Gasteiger partial charge in [-0.3, -0.25) is 9.59 Å². The average molecular weight is 389 g/mol. The predicted molar refractivity (Wildman–Crippen MR) is 109 cm³/mol. The topological polar surface area (TPSA) is 96.5 Å². The van der Waals surface area contributed by atoms with E-state index in [1.807, 2.05) is 0 Å². The highest BCUT2D eigenvalue weighted by atomic mass is 16.6. The lowest BCUT2D eigenvalue weighted by atomic mass is 9.87. The largest absolute Gasteiger partial charge is 0.444 e. The minimum Gasteiger partial charge on any atom is -0.444 e. The van der Waals surface area contributed by atoms with E-state index in [1.54, 1.807) is 45.0 Å². The molecule has 154 valence electrons. The van der Waals surface area contributed by atoms with E-state index in [1.165, 1.54) is 19.3 Å². The second-order valence-corrected chi connectivity index (χ2v) is 8.21. The lowest BCUT2D eigenvalue weighted by molar-refractivity contribution is -0.117. The molecule has 0 bridgehead atoms. The lowest BCUT2D eigenvalue weighted by Crippen LogP contribution is -2.37. The van der Waals surface area contributed by atoms with Crippen LogP contribution >= 0.6 is 0 Å². The van der Waals surface area contributed by atoms with Gasteiger partial charge in [-0.05, 0) is 51.7 Å². The van der Waals surface area contributed by atoms with Crippen LogP contribution in [0.4, 0.5) is 16.2 Å². The molecule has 0 spiro atoms. The Hall–Kier alpha value is -2.57. The molecular formula is C21H31N3O4. The number of carbonyl (C=O) groups excluding carboxylic acids is 3. The molecule has 7 heteroatoms. The molecular weight excluding hydrogens is 358 g/mol. The van der Waals surface area contributed by atoms with Crippen LogP contribution in [-0.2, 0) is 14.3 Å². The highest BCUT2D eigenvalue weighted by Crippen LogP contribution is 2.27. The number of para-hydroxylation sites is 2. The Kier molecular flexibility index (Phi) is 7.84. The molecule has 1 aromatic rings. The van der Waals surface area contributed by atoms with Gasteiger partial charge < -0.3 is 20.7 Å². The molecule has 1 saturated carbocycles. The van der Waals surface area contributed by atoms with Crippen LogP contribution in [0.1, 0.15) is 59.3 Å². The van der Waals surface area contributed by atoms with E-state index < -0.39 is 17.6 Å². The van der Waals surface area contributed by atoms with Crippen LogP contribution in [0.15, 0.2) is 24.3 Å². The molecule has 28 heavy (non-hydrogen) atoms. The summed E-state index contributed by atoms with van der Waals surface area (Å²) in [5.74, 6) is -0.00569. The highest BCUT2D eigenvalue weighted by molar-refractivity contribution is 6.00. The normalized spacial score (nSPS) is 14.8. The van der Waals surface area contributed by atoms with Crippen molar-refractivity contribution in [2.24, 2.45) is 5.92 Å². The fraction of sp³-hybridized carbons (Fsp3) is 0.571. The Morgan fingerprint density at radius 2 is 1.54 bits per heavy atom. The zero-order valence-corrected chi connectivity index (χ0v) is 17.0. The zero-order chi connectivity index (χ0) is 20.6. The van der Waals surface area contributed by atoms with E-state index in [2.05, 4.69) is 16.0 Å². The van der Waals surface area contributed by atoms with Crippen molar-refractivity contribution in [3.63, 3.8) is 0 Å². The molecule has 0 unspecified atom stereocenters. The molecule has 2 rings (SSSR count). The van der Waals surface area contributed by atoms with Crippen LogP contribution in [-0.4, -0.2) is 30.1 Å². The summed E-state index contributed by atoms with van der Waals surface area (Å²) >= 11 is 0. The van der Waals surface area contributed by atoms with Crippen molar-refractivity contribution in [2.75, 3.05) is 17.2 Å². The maximum atomic E-state index is 12.4. The number of hydrogen-bond acceptors (Lipinski definition) is 4. The van der Waals surface area contributed by atoms with Gasteiger partial charge in [0.1, 0.15) is 12.1 Å². The maximum Gasteiger partial charge on any atom is 0.408 e. The van der Waals surface area contributed by atoms with Gasteiger partial charge >= 0.3 is 6.09 Å². The molecule has 0 heterocycles. The minimum absolute atomic E-state index is 0.0412. The number of benzene rings is 1. The molecule has 1 fully saturated rings. The predicted octanol–water partition coefficient (Wildman–Crippen LogP) is 4.06. The van der Waals surface area contributed by atoms with Gasteiger partial charge in [0.25, 0.3) is 0 Å². The highest BCUT2D eigenvalue weighted by Gasteiger charge is 2.19. The van der Waals surface area contributed by atoms with Crippen molar-refractivity contribution in [3.8, 4) is 0 Å². The monoisotopic (exact) mass is 389 g/mol. The number of rotatable bonds is 6. The van der Waals surface area contributed by atoms with Gasteiger partial charge in [-0.2, -0.15) is 0 Å². The summed E-state index contributed by atoms with van der Waals surface area (Å²) in [4.78, 5) is 36.2. The van der Waals surface area contributed by atoms with Gasteiger partial charge in [-0.1, -0.05) is 31.4 Å². The molecule has 1 aromatic carbocycles. The third kappa shape index (κ3) is 7.98. The first-order chi connectivity index (χ1) is 13.2. The van der Waals surface area contributed by atoms with E-state index in [0.29, 0.717) is 23.7 Å². The van der Waals surface area contributed by atoms with Crippen molar-refractivity contribution in [1.29, 1.82) is 0 Å². The molecule has 0 aliphatic heterocycles. The van der Waals surface area contributed by atoms with E-state index in [9.17, 15) is 14.4 Å². The smallest absolute Gasteiger partial charge is 0.408 e. The first-order valence-electron chi connectivity index (χ1n) is 9.88. The summed E-state index contributed by atoms with van der Waals surface area (Å²) in [5.41, 5.74) is 0.417. The van der Waals surface area contributed by atoms with Crippen molar-refractivity contribution in [3.05, 3.63) is 24.3 Å². The Morgan fingerprint density at radius 1 is 0.964 bits per heavy atom. The van der Waals surface area contributed by atoms with Crippen LogP contribution in [0.25, 0.3) is 0 Å². The molecule has 0 atom stereocenters. The summed E-state index contributed by atoms with van der Waals surface area (Å²) in [6, 6.07) is 7.02. The van der Waals surface area contributed by atoms with E-state index >= 15 is 0 Å². The second kappa shape index (κ2) is 10.1. The lowest BCUT2D eigenvalue weighted by Gasteiger charge is -2.21. The fourth-order valence-electron chi connectivity index (χ4n) is 3.22. The van der Waals surface area contributed by atoms with E-state index in [4.69, 9.17) is 4.74 Å². The first kappa shape index (κ1) is 21.7. The number of nitrogens with one attached hydrogen (secondary N) is 3. The van der Waals surface area contributed by atoms with Gasteiger partial charge in [-0.15, -0.1) is 0 Å². The molecule has 7 nitrogen and oxygen atoms in total. The third-order valence-corrected chi connectivity index (χ3v) is 4.47. The number of anilines is 2. The molecule has 0 aromatic heterocycles. The Bertz CT molecular complexity index is 691. The Labute approximate surface area is 166 Å². The zero-order valence-electron chi connectivity index (χ0n) is 17.0. The van der Waals surface area contributed by atoms with Crippen molar-refractivity contribution in [2.45, 2.75) is 64.9 Å². The summed E-state index contributed by atoms with van der Waals surface area (Å²) in [7, 11) is 0. The van der Waals surface area contributed by atoms with Gasteiger partial charge in [-0.25, -0.2) is 4.79 Å². The maximum absolute atomic E-state index is 12.4. The van der Waals surface area contributed by atoms with Crippen molar-refractivity contribution < 1.29 is 19.1 Å². The molecule has 0 radical (unpaired) electrons. The minimum atomic E-state index is -0.656. The molecule has 0 saturated heterocycles. The summed E-state index contributed by atoms with van der Waals surface area (Å²) < 4.78 is 5.10. The first-order valence-corrected chi connectivity index (χ1v) is 9.88. The summed E-state index contributed by atoms with van der Waals surface area (Å²) in [5, 5.41) is 8.02. The van der Waals surface area contributed by atoms with E-state index in [0.717, 1.165) is 12.8 Å². The molecule has 3 amide bonds. The summed E-state index contributed by atoms with van der Waals surface area (Å²) in [6.07, 6.45) is 5.68. The van der Waals surface area contributed by atoms with Crippen molar-refractivity contribution >= 4 is 29.3 Å². The number of carbonyl (C=O) groups is 3. The number of alkyl carbamates (subject to hydrolysis) is 1. The molecule has 1 aliphatic rings. The van der Waals surface area contributed by atoms with Gasteiger partial charge in [0.05, 0.1) is 11.4 Å². The quantitative estimate of drug-likeness (QED) is 0.683. The van der Waals surface area contributed by atoms with Gasteiger partial charge in [0, 0.05) is 6.42 Å². The standard InChI is InChI=1S/C21H31N3O4/c1-21(2,3)28-20(27)22-14-19(26)24-17-12-8-7-11-16(17)23-18(25)13-15-9-5-4-6-10-15/h7-8,11-12,15H,4-6,9-10,13-14H2,1-3H3,(H,22,27)(H,23,25)(H,24,26). The third-order valence-electron chi connectivity index (χ3n) is 4.47. The van der Waals surface area contributed by atoms with Gasteiger partial charge in [0.2, 0.25) is 11.8 Å². The number of ether oxygens (including phenoxy) is 1. The van der Waals surface area contributed by atoms with Crippen LogP contribution in [0, 0.1) is 5.92 Å². The van der Waals surface area contributed by atoms with Crippen LogP contribution in [0.3, 0.4) is 0 Å². The van der Waals surface area contributed by atoms with E-state index in [-0.39, 0.29) is 12.5 Å². The summed E-state index contributed by atoms with van der Waals surface area (Å²) in [6.45, 7) is 5.02. The number of hydrogen-bond donors (Lipinski definition) is 3. The second-order valence-electron chi connectivity index (χ2n) is 8.21. The van der Waals surface area contributed by atoms with Gasteiger partial charge in [0.15, 0.2) is 0 Å². The van der Waals surface area contributed by atoms with Crippen molar-refractivity contribution in [1.82, 2.24) is 5.32 Å². The average Bonchev–Trinajstić information content (AvgIpc) is 2.61. The Balaban J connectivity index is 1.85. The molecule has 1 aliphatic carbocycles. The SMILES string of the molecule is CC(C)(C)OC(=O)NCC(=O)Nc1ccccc1NC(=O)CC1CCCCC1. The van der Waals surface area contributed by atoms with Crippen LogP contribution in [0.2, 0.25) is 0 Å². The van der Waals surface area contributed by atoms with Crippen LogP contribution < -0.4 is 16.0 Å². The Morgan fingerprint density at radius 3 is 2.11 bits per heavy atom.